The van der Waals surface area contributed by atoms with Gasteiger partial charge in [-0.25, -0.2) is 4.98 Å². The van der Waals surface area contributed by atoms with Gasteiger partial charge in [-0.05, 0) is 44.5 Å². The number of benzene rings is 2. The third-order valence-corrected chi connectivity index (χ3v) is 3.88. The predicted octanol–water partition coefficient (Wildman–Crippen LogP) is 5.20. The Balaban J connectivity index is 2.31. The van der Waals surface area contributed by atoms with E-state index in [2.05, 4.69) is 55.7 Å². The van der Waals surface area contributed by atoms with E-state index in [1.165, 1.54) is 0 Å². The van der Waals surface area contributed by atoms with Crippen molar-refractivity contribution in [3.63, 3.8) is 0 Å². The van der Waals surface area contributed by atoms with Crippen molar-refractivity contribution in [1.82, 2.24) is 9.55 Å². The molecule has 21 heavy (non-hydrogen) atoms. The number of fused-ring (bicyclic) bond motifs is 1. The number of para-hydroxylation sites is 2. The Labute approximate surface area is 130 Å². The van der Waals surface area contributed by atoms with Crippen LogP contribution in [0, 0.1) is 0 Å². The molecule has 0 atom stereocenters. The van der Waals surface area contributed by atoms with Crippen LogP contribution >= 0.6 is 11.6 Å². The van der Waals surface area contributed by atoms with Gasteiger partial charge in [0.1, 0.15) is 5.82 Å². The minimum Gasteiger partial charge on any atom is -0.319 e. The monoisotopic (exact) mass is 298 g/mol. The molecule has 0 spiro atoms. The molecule has 0 aliphatic carbocycles. The van der Waals surface area contributed by atoms with Crippen molar-refractivity contribution in [3.05, 3.63) is 54.1 Å². The highest BCUT2D eigenvalue weighted by molar-refractivity contribution is 6.17. The molecule has 0 aliphatic rings. The van der Waals surface area contributed by atoms with E-state index in [0.717, 1.165) is 28.0 Å². The summed E-state index contributed by atoms with van der Waals surface area (Å²) < 4.78 is 2.30. The molecule has 0 aliphatic heterocycles. The van der Waals surface area contributed by atoms with Crippen LogP contribution in [0.25, 0.3) is 22.4 Å². The second kappa shape index (κ2) is 5.19. The molecule has 2 aromatic carbocycles. The maximum absolute atomic E-state index is 5.97. The van der Waals surface area contributed by atoms with Gasteiger partial charge in [-0.1, -0.05) is 30.3 Å². The highest BCUT2D eigenvalue weighted by Gasteiger charge is 2.22. The van der Waals surface area contributed by atoms with Gasteiger partial charge in [-0.3, -0.25) is 0 Å². The highest BCUT2D eigenvalue weighted by Crippen LogP contribution is 2.31. The first-order chi connectivity index (χ1) is 10.0. The fourth-order valence-corrected chi connectivity index (χ4v) is 2.86. The van der Waals surface area contributed by atoms with Crippen LogP contribution in [0.4, 0.5) is 0 Å². The third kappa shape index (κ3) is 2.56. The number of aromatic nitrogens is 2. The van der Waals surface area contributed by atoms with E-state index in [1.54, 1.807) is 0 Å². The lowest BCUT2D eigenvalue weighted by atomic mass is 10.1. The Morgan fingerprint density at radius 3 is 2.52 bits per heavy atom. The van der Waals surface area contributed by atoms with E-state index in [1.807, 2.05) is 18.2 Å². The first-order valence-electron chi connectivity index (χ1n) is 7.14. The third-order valence-electron chi connectivity index (χ3n) is 3.57. The Bertz CT molecular complexity index is 781. The largest absolute Gasteiger partial charge is 0.319 e. The maximum atomic E-state index is 5.97. The quantitative estimate of drug-likeness (QED) is 0.595. The van der Waals surface area contributed by atoms with Crippen molar-refractivity contribution in [2.45, 2.75) is 32.2 Å². The van der Waals surface area contributed by atoms with E-state index in [9.17, 15) is 0 Å². The normalized spacial score (nSPS) is 12.0. The van der Waals surface area contributed by atoms with Gasteiger partial charge in [0.25, 0.3) is 0 Å². The van der Waals surface area contributed by atoms with E-state index >= 15 is 0 Å². The van der Waals surface area contributed by atoms with Crippen LogP contribution in [0.1, 0.15) is 26.3 Å². The van der Waals surface area contributed by atoms with Crippen molar-refractivity contribution in [1.29, 1.82) is 0 Å². The van der Waals surface area contributed by atoms with E-state index in [-0.39, 0.29) is 5.54 Å². The van der Waals surface area contributed by atoms with E-state index in [0.29, 0.717) is 5.88 Å². The van der Waals surface area contributed by atoms with Gasteiger partial charge in [-0.15, -0.1) is 11.6 Å². The molecule has 108 valence electrons. The van der Waals surface area contributed by atoms with E-state index in [4.69, 9.17) is 16.6 Å². The van der Waals surface area contributed by atoms with Gasteiger partial charge >= 0.3 is 0 Å². The minimum atomic E-state index is -0.0393. The summed E-state index contributed by atoms with van der Waals surface area (Å²) in [6.45, 7) is 6.61. The summed E-state index contributed by atoms with van der Waals surface area (Å²) in [4.78, 5) is 4.84. The number of hydrogen-bond donors (Lipinski definition) is 0. The molecule has 1 aromatic heterocycles. The summed E-state index contributed by atoms with van der Waals surface area (Å²) in [5.74, 6) is 1.51. The Kier molecular flexibility index (Phi) is 3.50. The van der Waals surface area contributed by atoms with Crippen LogP contribution in [-0.2, 0) is 11.4 Å². The molecule has 0 N–H and O–H groups in total. The fourth-order valence-electron chi connectivity index (χ4n) is 2.69. The van der Waals surface area contributed by atoms with Crippen molar-refractivity contribution >= 4 is 22.6 Å². The molecule has 0 saturated heterocycles. The van der Waals surface area contributed by atoms with Crippen LogP contribution in [0.15, 0.2) is 48.5 Å². The van der Waals surface area contributed by atoms with Gasteiger partial charge in [0.05, 0.1) is 11.0 Å². The van der Waals surface area contributed by atoms with Crippen molar-refractivity contribution in [2.24, 2.45) is 0 Å². The van der Waals surface area contributed by atoms with Crippen LogP contribution in [0.5, 0.6) is 0 Å². The topological polar surface area (TPSA) is 17.8 Å². The molecule has 0 fully saturated rings. The molecule has 3 aromatic rings. The number of hydrogen-bond acceptors (Lipinski definition) is 1. The Morgan fingerprint density at radius 1 is 1.05 bits per heavy atom. The lowest BCUT2D eigenvalue weighted by Crippen LogP contribution is -2.22. The van der Waals surface area contributed by atoms with E-state index < -0.39 is 0 Å². The summed E-state index contributed by atoms with van der Waals surface area (Å²) in [6, 6.07) is 16.6. The predicted molar refractivity (Wildman–Crippen MR) is 89.7 cm³/mol. The highest BCUT2D eigenvalue weighted by atomic mass is 35.5. The molecule has 3 heteroatoms. The van der Waals surface area contributed by atoms with Gasteiger partial charge in [0.15, 0.2) is 0 Å². The summed E-state index contributed by atoms with van der Waals surface area (Å²) >= 11 is 5.97. The fraction of sp³-hybridized carbons (Fsp3) is 0.278. The van der Waals surface area contributed by atoms with Crippen molar-refractivity contribution < 1.29 is 0 Å². The zero-order valence-corrected chi connectivity index (χ0v) is 13.4. The molecule has 0 saturated carbocycles. The molecular formula is C18H19ClN2. The summed E-state index contributed by atoms with van der Waals surface area (Å²) in [7, 11) is 0. The molecule has 0 unspecified atom stereocenters. The van der Waals surface area contributed by atoms with Crippen LogP contribution < -0.4 is 0 Å². The molecule has 0 radical (unpaired) electrons. The summed E-state index contributed by atoms with van der Waals surface area (Å²) in [6.07, 6.45) is 0. The number of imidazole rings is 1. The molecule has 0 amide bonds. The SMILES string of the molecule is CC(C)(C)n1c(-c2cccc(CCl)c2)nc2ccccc21. The Morgan fingerprint density at radius 2 is 1.81 bits per heavy atom. The zero-order valence-electron chi connectivity index (χ0n) is 12.6. The van der Waals surface area contributed by atoms with Crippen LogP contribution in [0.3, 0.4) is 0 Å². The molecule has 0 bridgehead atoms. The smallest absolute Gasteiger partial charge is 0.141 e. The standard InChI is InChI=1S/C18H19ClN2/c1-18(2,3)21-16-10-5-4-9-15(16)20-17(21)14-8-6-7-13(11-14)12-19/h4-11H,12H2,1-3H3. The Hall–Kier alpha value is -1.80. The maximum Gasteiger partial charge on any atom is 0.141 e. The van der Waals surface area contributed by atoms with Crippen LogP contribution in [0.2, 0.25) is 0 Å². The number of rotatable bonds is 2. The molecular weight excluding hydrogens is 280 g/mol. The zero-order chi connectivity index (χ0) is 15.0. The van der Waals surface area contributed by atoms with Gasteiger partial charge < -0.3 is 4.57 Å². The van der Waals surface area contributed by atoms with Crippen molar-refractivity contribution in [2.75, 3.05) is 0 Å². The van der Waals surface area contributed by atoms with Gasteiger partial charge in [0, 0.05) is 17.0 Å². The lowest BCUT2D eigenvalue weighted by Gasteiger charge is -2.25. The average molecular weight is 299 g/mol. The van der Waals surface area contributed by atoms with Crippen molar-refractivity contribution in [3.8, 4) is 11.4 Å². The second-order valence-electron chi connectivity index (χ2n) is 6.26. The lowest BCUT2D eigenvalue weighted by molar-refractivity contribution is 0.413. The average Bonchev–Trinajstić information content (AvgIpc) is 2.86. The number of nitrogens with zero attached hydrogens (tertiary/aromatic N) is 2. The summed E-state index contributed by atoms with van der Waals surface area (Å²) in [5, 5.41) is 0. The second-order valence-corrected chi connectivity index (χ2v) is 6.53. The molecule has 2 nitrogen and oxygen atoms in total. The van der Waals surface area contributed by atoms with Gasteiger partial charge in [0.2, 0.25) is 0 Å². The first-order valence-corrected chi connectivity index (χ1v) is 7.67. The summed E-state index contributed by atoms with van der Waals surface area (Å²) in [5.41, 5.74) is 4.37. The number of halogens is 1. The number of alkyl halides is 1. The molecule has 3 rings (SSSR count). The minimum absolute atomic E-state index is 0.0393. The van der Waals surface area contributed by atoms with Crippen LogP contribution in [-0.4, -0.2) is 9.55 Å². The van der Waals surface area contributed by atoms with Gasteiger partial charge in [-0.2, -0.15) is 0 Å². The molecule has 1 heterocycles. The first kappa shape index (κ1) is 14.2.